The third-order valence-corrected chi connectivity index (χ3v) is 4.56. The molecule has 1 aliphatic rings. The fourth-order valence-electron chi connectivity index (χ4n) is 2.65. The van der Waals surface area contributed by atoms with Gasteiger partial charge in [-0.15, -0.1) is 0 Å². The van der Waals surface area contributed by atoms with Crippen LogP contribution in [0.15, 0.2) is 16.8 Å². The summed E-state index contributed by atoms with van der Waals surface area (Å²) < 4.78 is 0. The number of hydrogen-bond donors (Lipinski definition) is 1. The van der Waals surface area contributed by atoms with E-state index >= 15 is 0 Å². The predicted octanol–water partition coefficient (Wildman–Crippen LogP) is 2.40. The number of amides is 2. The van der Waals surface area contributed by atoms with Crippen molar-refractivity contribution in [2.45, 2.75) is 45.2 Å². The van der Waals surface area contributed by atoms with Crippen molar-refractivity contribution >= 4 is 23.2 Å². The average Bonchev–Trinajstić information content (AvgIpc) is 3.10. The van der Waals surface area contributed by atoms with Crippen molar-refractivity contribution in [1.29, 1.82) is 0 Å². The van der Waals surface area contributed by atoms with Crippen LogP contribution in [-0.4, -0.2) is 29.8 Å². The molecule has 1 heterocycles. The number of hydrogen-bond acceptors (Lipinski definition) is 3. The van der Waals surface area contributed by atoms with Crippen LogP contribution in [0.5, 0.6) is 0 Å². The Labute approximate surface area is 124 Å². The Morgan fingerprint density at radius 2 is 2.15 bits per heavy atom. The molecule has 5 heteroatoms. The molecular weight excluding hydrogens is 272 g/mol. The van der Waals surface area contributed by atoms with E-state index in [2.05, 4.69) is 5.32 Å². The van der Waals surface area contributed by atoms with Gasteiger partial charge in [0, 0.05) is 19.5 Å². The number of rotatable bonds is 5. The molecule has 1 aliphatic carbocycles. The van der Waals surface area contributed by atoms with Gasteiger partial charge in [0.15, 0.2) is 0 Å². The van der Waals surface area contributed by atoms with Crippen molar-refractivity contribution in [2.75, 3.05) is 7.05 Å². The Bertz CT molecular complexity index is 452. The zero-order chi connectivity index (χ0) is 14.5. The highest BCUT2D eigenvalue weighted by molar-refractivity contribution is 7.07. The van der Waals surface area contributed by atoms with Crippen molar-refractivity contribution in [1.82, 2.24) is 10.2 Å². The highest BCUT2D eigenvalue weighted by atomic mass is 32.1. The van der Waals surface area contributed by atoms with Gasteiger partial charge in [0.2, 0.25) is 11.8 Å². The Morgan fingerprint density at radius 1 is 1.45 bits per heavy atom. The van der Waals surface area contributed by atoms with E-state index in [0.717, 1.165) is 31.2 Å². The van der Waals surface area contributed by atoms with Crippen LogP contribution < -0.4 is 5.32 Å². The second kappa shape index (κ2) is 6.88. The summed E-state index contributed by atoms with van der Waals surface area (Å²) in [4.78, 5) is 25.9. The van der Waals surface area contributed by atoms with Gasteiger partial charge in [-0.3, -0.25) is 9.59 Å². The van der Waals surface area contributed by atoms with Crippen molar-refractivity contribution in [3.8, 4) is 0 Å². The predicted molar refractivity (Wildman–Crippen MR) is 80.4 cm³/mol. The quantitative estimate of drug-likeness (QED) is 0.906. The monoisotopic (exact) mass is 294 g/mol. The maximum atomic E-state index is 12.2. The summed E-state index contributed by atoms with van der Waals surface area (Å²) in [5, 5.41) is 6.89. The molecule has 0 aliphatic heterocycles. The van der Waals surface area contributed by atoms with E-state index in [0.29, 0.717) is 6.54 Å². The molecule has 110 valence electrons. The van der Waals surface area contributed by atoms with E-state index in [1.54, 1.807) is 30.2 Å². The first-order valence-corrected chi connectivity index (χ1v) is 8.08. The van der Waals surface area contributed by atoms with Gasteiger partial charge in [-0.25, -0.2) is 0 Å². The van der Waals surface area contributed by atoms with Crippen LogP contribution in [0.25, 0.3) is 0 Å². The van der Waals surface area contributed by atoms with Crippen LogP contribution in [0.3, 0.4) is 0 Å². The van der Waals surface area contributed by atoms with E-state index in [1.807, 2.05) is 16.8 Å². The van der Waals surface area contributed by atoms with Gasteiger partial charge < -0.3 is 10.2 Å². The molecule has 0 saturated heterocycles. The third kappa shape index (κ3) is 3.82. The molecule has 1 saturated carbocycles. The Balaban J connectivity index is 1.82. The largest absolute Gasteiger partial charge is 0.344 e. The number of carbonyl (C=O) groups excluding carboxylic acids is 2. The minimum absolute atomic E-state index is 0.0345. The molecule has 1 fully saturated rings. The lowest BCUT2D eigenvalue weighted by Crippen LogP contribution is -2.46. The summed E-state index contributed by atoms with van der Waals surface area (Å²) in [6.07, 6.45) is 4.16. The van der Waals surface area contributed by atoms with Crippen LogP contribution >= 0.6 is 11.3 Å². The van der Waals surface area contributed by atoms with Crippen LogP contribution in [0, 0.1) is 5.92 Å². The standard InChI is InChI=1S/C15H22N2O2S/c1-11(16-14(18)13-5-3-4-6-13)15(19)17(2)9-12-7-8-20-10-12/h7-8,10-11,13H,3-6,9H2,1-2H3,(H,16,18)/t11-/m1/s1. The molecule has 2 rings (SSSR count). The molecule has 0 radical (unpaired) electrons. The molecule has 1 atom stereocenters. The van der Waals surface area contributed by atoms with Crippen molar-refractivity contribution in [3.63, 3.8) is 0 Å². The first-order valence-electron chi connectivity index (χ1n) is 7.14. The van der Waals surface area contributed by atoms with Crippen LogP contribution in [0.1, 0.15) is 38.2 Å². The molecular formula is C15H22N2O2S. The minimum atomic E-state index is -0.452. The fourth-order valence-corrected chi connectivity index (χ4v) is 3.31. The number of thiophene rings is 1. The second-order valence-electron chi connectivity index (χ2n) is 5.54. The highest BCUT2D eigenvalue weighted by Crippen LogP contribution is 2.24. The van der Waals surface area contributed by atoms with E-state index in [1.165, 1.54) is 0 Å². The summed E-state index contributed by atoms with van der Waals surface area (Å²) in [5.74, 6) is 0.0993. The molecule has 1 aromatic heterocycles. The fraction of sp³-hybridized carbons (Fsp3) is 0.600. The second-order valence-corrected chi connectivity index (χ2v) is 6.32. The van der Waals surface area contributed by atoms with Gasteiger partial charge in [0.05, 0.1) is 0 Å². The Kier molecular flexibility index (Phi) is 5.17. The van der Waals surface area contributed by atoms with Gasteiger partial charge in [0.25, 0.3) is 0 Å². The first-order chi connectivity index (χ1) is 9.58. The van der Waals surface area contributed by atoms with E-state index in [-0.39, 0.29) is 17.7 Å². The van der Waals surface area contributed by atoms with E-state index in [4.69, 9.17) is 0 Å². The maximum Gasteiger partial charge on any atom is 0.244 e. The summed E-state index contributed by atoms with van der Waals surface area (Å²) in [6.45, 7) is 2.35. The molecule has 2 amide bonds. The van der Waals surface area contributed by atoms with Gasteiger partial charge >= 0.3 is 0 Å². The van der Waals surface area contributed by atoms with Gasteiger partial charge in [-0.2, -0.15) is 11.3 Å². The molecule has 4 nitrogen and oxygen atoms in total. The molecule has 20 heavy (non-hydrogen) atoms. The topological polar surface area (TPSA) is 49.4 Å². The van der Waals surface area contributed by atoms with Gasteiger partial charge in [0.1, 0.15) is 6.04 Å². The number of carbonyl (C=O) groups is 2. The molecule has 0 bridgehead atoms. The molecule has 1 N–H and O–H groups in total. The van der Waals surface area contributed by atoms with E-state index < -0.39 is 6.04 Å². The Morgan fingerprint density at radius 3 is 2.75 bits per heavy atom. The van der Waals surface area contributed by atoms with Crippen molar-refractivity contribution in [3.05, 3.63) is 22.4 Å². The summed E-state index contributed by atoms with van der Waals surface area (Å²) >= 11 is 1.62. The molecule has 0 spiro atoms. The smallest absolute Gasteiger partial charge is 0.244 e. The number of nitrogens with zero attached hydrogens (tertiary/aromatic N) is 1. The molecule has 0 unspecified atom stereocenters. The first kappa shape index (κ1) is 15.0. The lowest BCUT2D eigenvalue weighted by molar-refractivity contribution is -0.136. The summed E-state index contributed by atoms with van der Waals surface area (Å²) in [5.41, 5.74) is 1.13. The normalized spacial score (nSPS) is 16.9. The molecule has 1 aromatic rings. The lowest BCUT2D eigenvalue weighted by Gasteiger charge is -2.23. The number of likely N-dealkylation sites (N-methyl/N-ethyl adjacent to an activating group) is 1. The van der Waals surface area contributed by atoms with Crippen molar-refractivity contribution in [2.24, 2.45) is 5.92 Å². The lowest BCUT2D eigenvalue weighted by atomic mass is 10.1. The van der Waals surface area contributed by atoms with Crippen molar-refractivity contribution < 1.29 is 9.59 Å². The van der Waals surface area contributed by atoms with Crippen LogP contribution in [-0.2, 0) is 16.1 Å². The minimum Gasteiger partial charge on any atom is -0.344 e. The van der Waals surface area contributed by atoms with Crippen LogP contribution in [0.2, 0.25) is 0 Å². The maximum absolute atomic E-state index is 12.2. The Hall–Kier alpha value is -1.36. The third-order valence-electron chi connectivity index (χ3n) is 3.83. The molecule has 0 aromatic carbocycles. The summed E-state index contributed by atoms with van der Waals surface area (Å²) in [6, 6.07) is 1.56. The zero-order valence-electron chi connectivity index (χ0n) is 12.1. The SMILES string of the molecule is C[C@@H](NC(=O)C1CCCC1)C(=O)N(C)Cc1ccsc1. The van der Waals surface area contributed by atoms with Gasteiger partial charge in [-0.05, 0) is 42.2 Å². The average molecular weight is 294 g/mol. The van der Waals surface area contributed by atoms with Crippen LogP contribution in [0.4, 0.5) is 0 Å². The zero-order valence-corrected chi connectivity index (χ0v) is 12.9. The van der Waals surface area contributed by atoms with E-state index in [9.17, 15) is 9.59 Å². The summed E-state index contributed by atoms with van der Waals surface area (Å²) in [7, 11) is 1.78. The van der Waals surface area contributed by atoms with Gasteiger partial charge in [-0.1, -0.05) is 12.8 Å². The highest BCUT2D eigenvalue weighted by Gasteiger charge is 2.26. The number of nitrogens with one attached hydrogen (secondary N) is 1.